The van der Waals surface area contributed by atoms with E-state index >= 15 is 0 Å². The van der Waals surface area contributed by atoms with Crippen molar-refractivity contribution < 1.29 is 9.53 Å². The van der Waals surface area contributed by atoms with Crippen molar-refractivity contribution >= 4 is 5.97 Å². The predicted molar refractivity (Wildman–Crippen MR) is 67.9 cm³/mol. The molecule has 3 nitrogen and oxygen atoms in total. The van der Waals surface area contributed by atoms with Crippen LogP contribution in [-0.2, 0) is 9.53 Å². The van der Waals surface area contributed by atoms with Gasteiger partial charge in [0.1, 0.15) is 5.60 Å². The van der Waals surface area contributed by atoms with E-state index in [1.54, 1.807) is 0 Å². The molecule has 0 N–H and O–H groups in total. The Labute approximate surface area is 105 Å². The first-order chi connectivity index (χ1) is 8.24. The van der Waals surface area contributed by atoms with E-state index in [0.29, 0.717) is 6.42 Å². The van der Waals surface area contributed by atoms with Gasteiger partial charge in [-0.05, 0) is 58.0 Å². The Morgan fingerprint density at radius 2 is 1.82 bits per heavy atom. The van der Waals surface area contributed by atoms with Gasteiger partial charge in [-0.15, -0.1) is 0 Å². The quantitative estimate of drug-likeness (QED) is 0.691. The molecule has 0 aromatic carbocycles. The molecule has 98 valence electrons. The second-order valence-electron chi connectivity index (χ2n) is 5.52. The molecule has 2 rings (SSSR count). The van der Waals surface area contributed by atoms with E-state index < -0.39 is 0 Å². The van der Waals surface area contributed by atoms with E-state index in [-0.39, 0.29) is 11.6 Å². The van der Waals surface area contributed by atoms with Gasteiger partial charge in [-0.2, -0.15) is 0 Å². The second kappa shape index (κ2) is 5.85. The number of ether oxygens (including phenoxy) is 1. The number of nitrogens with zero attached hydrogens (tertiary/aromatic N) is 1. The smallest absolute Gasteiger partial charge is 0.307 e. The van der Waals surface area contributed by atoms with Gasteiger partial charge in [0, 0.05) is 6.54 Å². The fourth-order valence-electron chi connectivity index (χ4n) is 3.10. The number of esters is 1. The minimum Gasteiger partial charge on any atom is -0.459 e. The van der Waals surface area contributed by atoms with Gasteiger partial charge in [0.2, 0.25) is 0 Å². The maximum Gasteiger partial charge on any atom is 0.307 e. The van der Waals surface area contributed by atoms with Crippen molar-refractivity contribution in [2.45, 2.75) is 63.9 Å². The second-order valence-corrected chi connectivity index (χ2v) is 5.52. The normalized spacial score (nSPS) is 24.1. The van der Waals surface area contributed by atoms with Crippen molar-refractivity contribution in [2.75, 3.05) is 19.6 Å². The Hall–Kier alpha value is -0.570. The first-order valence-corrected chi connectivity index (χ1v) is 7.18. The van der Waals surface area contributed by atoms with Gasteiger partial charge in [0.25, 0.3) is 0 Å². The molecule has 0 unspecified atom stereocenters. The number of likely N-dealkylation sites (tertiary alicyclic amines) is 1. The lowest BCUT2D eigenvalue weighted by atomic mass is 9.99. The summed E-state index contributed by atoms with van der Waals surface area (Å²) >= 11 is 0. The Balaban J connectivity index is 1.72. The maximum absolute atomic E-state index is 11.9. The van der Waals surface area contributed by atoms with Crippen LogP contribution in [0, 0.1) is 0 Å². The van der Waals surface area contributed by atoms with Crippen molar-refractivity contribution in [3.05, 3.63) is 0 Å². The molecule has 0 amide bonds. The largest absolute Gasteiger partial charge is 0.459 e. The van der Waals surface area contributed by atoms with Gasteiger partial charge < -0.3 is 9.64 Å². The molecule has 1 saturated heterocycles. The fourth-order valence-corrected chi connectivity index (χ4v) is 3.10. The summed E-state index contributed by atoms with van der Waals surface area (Å²) in [6.07, 6.45) is 8.69. The summed E-state index contributed by atoms with van der Waals surface area (Å²) in [5.74, 6) is 0.0145. The molecule has 2 fully saturated rings. The highest BCUT2D eigenvalue weighted by Crippen LogP contribution is 2.36. The van der Waals surface area contributed by atoms with Gasteiger partial charge in [-0.3, -0.25) is 4.79 Å². The van der Waals surface area contributed by atoms with Crippen molar-refractivity contribution in [1.82, 2.24) is 4.90 Å². The monoisotopic (exact) mass is 239 g/mol. The van der Waals surface area contributed by atoms with Crippen LogP contribution in [0.2, 0.25) is 0 Å². The van der Waals surface area contributed by atoms with Crippen LogP contribution in [0.3, 0.4) is 0 Å². The van der Waals surface area contributed by atoms with Crippen molar-refractivity contribution in [1.29, 1.82) is 0 Å². The molecule has 2 aliphatic rings. The van der Waals surface area contributed by atoms with E-state index in [1.165, 1.54) is 25.7 Å². The lowest BCUT2D eigenvalue weighted by Crippen LogP contribution is -2.32. The summed E-state index contributed by atoms with van der Waals surface area (Å²) in [7, 11) is 0. The van der Waals surface area contributed by atoms with Gasteiger partial charge in [0.15, 0.2) is 0 Å². The summed E-state index contributed by atoms with van der Waals surface area (Å²) in [5, 5.41) is 0. The SMILES string of the molecule is CCC1(OC(=O)CCN2CCCC2)CCCC1. The van der Waals surface area contributed by atoms with Crippen molar-refractivity contribution in [2.24, 2.45) is 0 Å². The molecule has 0 atom stereocenters. The maximum atomic E-state index is 11.9. The Morgan fingerprint density at radius 3 is 2.41 bits per heavy atom. The van der Waals surface area contributed by atoms with Crippen LogP contribution < -0.4 is 0 Å². The van der Waals surface area contributed by atoms with E-state index in [1.807, 2.05) is 0 Å². The van der Waals surface area contributed by atoms with Crippen LogP contribution >= 0.6 is 0 Å². The van der Waals surface area contributed by atoms with Gasteiger partial charge in [0.05, 0.1) is 6.42 Å². The highest BCUT2D eigenvalue weighted by Gasteiger charge is 2.35. The Kier molecular flexibility index (Phi) is 4.43. The van der Waals surface area contributed by atoms with Crippen LogP contribution in [0.5, 0.6) is 0 Å². The summed E-state index contributed by atoms with van der Waals surface area (Å²) in [4.78, 5) is 14.2. The third kappa shape index (κ3) is 3.44. The molecule has 1 aliphatic heterocycles. The van der Waals surface area contributed by atoms with Crippen LogP contribution in [0.1, 0.15) is 58.3 Å². The third-order valence-electron chi connectivity index (χ3n) is 4.32. The first-order valence-electron chi connectivity index (χ1n) is 7.18. The average Bonchev–Trinajstić information content (AvgIpc) is 2.98. The summed E-state index contributed by atoms with van der Waals surface area (Å²) in [5.41, 5.74) is -0.109. The van der Waals surface area contributed by atoms with Crippen LogP contribution in [0.15, 0.2) is 0 Å². The highest BCUT2D eigenvalue weighted by molar-refractivity contribution is 5.70. The molecule has 0 bridgehead atoms. The van der Waals surface area contributed by atoms with E-state index in [4.69, 9.17) is 4.74 Å². The average molecular weight is 239 g/mol. The number of carbonyl (C=O) groups excluding carboxylic acids is 1. The van der Waals surface area contributed by atoms with E-state index in [2.05, 4.69) is 11.8 Å². The third-order valence-corrected chi connectivity index (χ3v) is 4.32. The van der Waals surface area contributed by atoms with Crippen LogP contribution in [0.4, 0.5) is 0 Å². The molecule has 17 heavy (non-hydrogen) atoms. The number of hydrogen-bond acceptors (Lipinski definition) is 3. The van der Waals surface area contributed by atoms with Crippen LogP contribution in [-0.4, -0.2) is 36.1 Å². The predicted octanol–water partition coefficient (Wildman–Crippen LogP) is 2.74. The summed E-state index contributed by atoms with van der Waals surface area (Å²) in [6, 6.07) is 0. The molecule has 1 heterocycles. The molecular formula is C14H25NO2. The van der Waals surface area contributed by atoms with Crippen LogP contribution in [0.25, 0.3) is 0 Å². The molecular weight excluding hydrogens is 214 g/mol. The minimum atomic E-state index is -0.109. The fraction of sp³-hybridized carbons (Fsp3) is 0.929. The van der Waals surface area contributed by atoms with Crippen molar-refractivity contribution in [3.8, 4) is 0 Å². The standard InChI is InChI=1S/C14H25NO2/c1-2-14(8-3-4-9-14)17-13(16)7-12-15-10-5-6-11-15/h2-12H2,1H3. The lowest BCUT2D eigenvalue weighted by molar-refractivity contribution is -0.160. The molecule has 0 spiro atoms. The zero-order valence-corrected chi connectivity index (χ0v) is 11.0. The molecule has 0 aromatic heterocycles. The zero-order chi connectivity index (χ0) is 12.1. The molecule has 1 saturated carbocycles. The highest BCUT2D eigenvalue weighted by atomic mass is 16.6. The minimum absolute atomic E-state index is 0.0145. The number of carbonyl (C=O) groups is 1. The van der Waals surface area contributed by atoms with Crippen molar-refractivity contribution in [3.63, 3.8) is 0 Å². The van der Waals surface area contributed by atoms with Gasteiger partial charge >= 0.3 is 5.97 Å². The lowest BCUT2D eigenvalue weighted by Gasteiger charge is -2.28. The Bertz CT molecular complexity index is 253. The topological polar surface area (TPSA) is 29.5 Å². The molecule has 0 aromatic rings. The van der Waals surface area contributed by atoms with Gasteiger partial charge in [-0.25, -0.2) is 0 Å². The first kappa shape index (κ1) is 12.9. The van der Waals surface area contributed by atoms with E-state index in [0.717, 1.165) is 38.9 Å². The summed E-state index contributed by atoms with van der Waals surface area (Å²) < 4.78 is 5.74. The van der Waals surface area contributed by atoms with Gasteiger partial charge in [-0.1, -0.05) is 6.92 Å². The molecule has 0 radical (unpaired) electrons. The molecule has 1 aliphatic carbocycles. The molecule has 3 heteroatoms. The Morgan fingerprint density at radius 1 is 1.18 bits per heavy atom. The zero-order valence-electron chi connectivity index (χ0n) is 11.0. The number of hydrogen-bond donors (Lipinski definition) is 0. The number of rotatable bonds is 5. The summed E-state index contributed by atoms with van der Waals surface area (Å²) in [6.45, 7) is 5.34. The van der Waals surface area contributed by atoms with E-state index in [9.17, 15) is 4.79 Å².